The van der Waals surface area contributed by atoms with Gasteiger partial charge in [-0.15, -0.1) is 0 Å². The molecule has 1 amide bonds. The lowest BCUT2D eigenvalue weighted by atomic mass is 10.1. The number of imidazole rings is 1. The number of hydrogen-bond acceptors (Lipinski definition) is 3. The van der Waals surface area contributed by atoms with Crippen LogP contribution >= 0.6 is 0 Å². The molecule has 1 aromatic carbocycles. The lowest BCUT2D eigenvalue weighted by Gasteiger charge is -2.25. The molecular weight excluding hydrogens is 327 g/mol. The molecule has 2 N–H and O–H groups in total. The molecule has 0 unspecified atom stereocenters. The number of aryl methyl sites for hydroxylation is 2. The number of H-pyrrole nitrogens is 1. The average Bonchev–Trinajstić information content (AvgIpc) is 2.89. The standard InChI is InChI=1S/C15H14F3N3O3/c1-8-3-4-10(13(22)23)5-12(8)21(14(24)15(16,17)18)6-11-9(2)19-7-20-11/h3-5,7H,6H2,1-2H3,(H,19,20)(H,22,23). The number of amides is 1. The van der Waals surface area contributed by atoms with E-state index in [0.29, 0.717) is 16.2 Å². The van der Waals surface area contributed by atoms with Crippen LogP contribution in [-0.4, -0.2) is 33.1 Å². The average molecular weight is 341 g/mol. The number of rotatable bonds is 4. The maximum Gasteiger partial charge on any atom is 0.471 e. The largest absolute Gasteiger partial charge is 0.478 e. The van der Waals surface area contributed by atoms with Gasteiger partial charge in [-0.2, -0.15) is 13.2 Å². The van der Waals surface area contributed by atoms with Crippen LogP contribution in [0, 0.1) is 13.8 Å². The summed E-state index contributed by atoms with van der Waals surface area (Å²) in [7, 11) is 0. The Morgan fingerprint density at radius 1 is 1.29 bits per heavy atom. The summed E-state index contributed by atoms with van der Waals surface area (Å²) in [6.45, 7) is 2.67. The van der Waals surface area contributed by atoms with Gasteiger partial charge >= 0.3 is 18.1 Å². The molecule has 0 spiro atoms. The highest BCUT2D eigenvalue weighted by Gasteiger charge is 2.43. The Bertz CT molecular complexity index is 784. The number of carboxylic acid groups (broad SMARTS) is 1. The van der Waals surface area contributed by atoms with Gasteiger partial charge in [-0.3, -0.25) is 9.69 Å². The number of halogens is 3. The van der Waals surface area contributed by atoms with Crippen LogP contribution in [0.25, 0.3) is 0 Å². The predicted octanol–water partition coefficient (Wildman–Crippen LogP) is 2.82. The van der Waals surface area contributed by atoms with Gasteiger partial charge in [0.2, 0.25) is 0 Å². The second-order valence-corrected chi connectivity index (χ2v) is 5.17. The third-order valence-corrected chi connectivity index (χ3v) is 3.48. The first kappa shape index (κ1) is 17.5. The third-order valence-electron chi connectivity index (χ3n) is 3.48. The number of nitrogens with one attached hydrogen (secondary N) is 1. The number of nitrogens with zero attached hydrogens (tertiary/aromatic N) is 2. The first-order valence-corrected chi connectivity index (χ1v) is 6.82. The van der Waals surface area contributed by atoms with Crippen molar-refractivity contribution in [2.45, 2.75) is 26.6 Å². The molecule has 0 bridgehead atoms. The second-order valence-electron chi connectivity index (χ2n) is 5.17. The molecule has 2 aromatic rings. The Kier molecular flexibility index (Phi) is 4.63. The Morgan fingerprint density at radius 2 is 1.96 bits per heavy atom. The van der Waals surface area contributed by atoms with Gasteiger partial charge in [0, 0.05) is 11.4 Å². The molecule has 24 heavy (non-hydrogen) atoms. The van der Waals surface area contributed by atoms with Crippen LogP contribution in [0.3, 0.4) is 0 Å². The molecule has 128 valence electrons. The molecule has 6 nitrogen and oxygen atoms in total. The van der Waals surface area contributed by atoms with Gasteiger partial charge < -0.3 is 10.1 Å². The lowest BCUT2D eigenvalue weighted by molar-refractivity contribution is -0.170. The van der Waals surface area contributed by atoms with Crippen molar-refractivity contribution < 1.29 is 27.9 Å². The normalized spacial score (nSPS) is 11.4. The smallest absolute Gasteiger partial charge is 0.471 e. The summed E-state index contributed by atoms with van der Waals surface area (Å²) < 4.78 is 38.9. The zero-order valence-electron chi connectivity index (χ0n) is 12.8. The van der Waals surface area contributed by atoms with Crippen molar-refractivity contribution >= 4 is 17.6 Å². The zero-order valence-corrected chi connectivity index (χ0v) is 12.8. The molecule has 9 heteroatoms. The van der Waals surface area contributed by atoms with Gasteiger partial charge in [0.1, 0.15) is 0 Å². The fraction of sp³-hybridized carbons (Fsp3) is 0.267. The van der Waals surface area contributed by atoms with E-state index in [1.54, 1.807) is 6.92 Å². The van der Waals surface area contributed by atoms with Gasteiger partial charge in [0.25, 0.3) is 0 Å². The molecule has 0 fully saturated rings. The highest BCUT2D eigenvalue weighted by Crippen LogP contribution is 2.29. The summed E-state index contributed by atoms with van der Waals surface area (Å²) in [5.41, 5.74) is 0.773. The molecule has 1 aromatic heterocycles. The van der Waals surface area contributed by atoms with Crippen LogP contribution in [0.4, 0.5) is 18.9 Å². The lowest BCUT2D eigenvalue weighted by Crippen LogP contribution is -2.41. The first-order valence-electron chi connectivity index (χ1n) is 6.82. The maximum atomic E-state index is 13.0. The fourth-order valence-corrected chi connectivity index (χ4v) is 2.15. The highest BCUT2D eigenvalue weighted by molar-refractivity contribution is 5.99. The van der Waals surface area contributed by atoms with E-state index in [2.05, 4.69) is 9.97 Å². The topological polar surface area (TPSA) is 86.3 Å². The van der Waals surface area contributed by atoms with Crippen molar-refractivity contribution in [2.75, 3.05) is 4.90 Å². The van der Waals surface area contributed by atoms with Gasteiger partial charge in [-0.1, -0.05) is 6.07 Å². The fourth-order valence-electron chi connectivity index (χ4n) is 2.15. The molecule has 0 saturated carbocycles. The second kappa shape index (κ2) is 6.34. The van der Waals surface area contributed by atoms with E-state index in [9.17, 15) is 22.8 Å². The number of hydrogen-bond donors (Lipinski definition) is 2. The minimum Gasteiger partial charge on any atom is -0.478 e. The molecule has 0 aliphatic carbocycles. The maximum absolute atomic E-state index is 13.0. The number of aromatic nitrogens is 2. The van der Waals surface area contributed by atoms with E-state index in [1.165, 1.54) is 25.4 Å². The van der Waals surface area contributed by atoms with Crippen molar-refractivity contribution in [1.82, 2.24) is 9.97 Å². The molecule has 0 saturated heterocycles. The van der Waals surface area contributed by atoms with Gasteiger partial charge in [0.15, 0.2) is 0 Å². The number of benzene rings is 1. The Labute approximate surface area is 134 Å². The molecule has 0 radical (unpaired) electrons. The van der Waals surface area contributed by atoms with Crippen molar-refractivity contribution in [3.63, 3.8) is 0 Å². The summed E-state index contributed by atoms with van der Waals surface area (Å²) in [5.74, 6) is -3.39. The van der Waals surface area contributed by atoms with E-state index in [0.717, 1.165) is 6.07 Å². The SMILES string of the molecule is Cc1ccc(C(=O)O)cc1N(Cc1nc[nH]c1C)C(=O)C(F)(F)F. The summed E-state index contributed by atoms with van der Waals surface area (Å²) in [4.78, 5) is 30.0. The van der Waals surface area contributed by atoms with Gasteiger partial charge in [0.05, 0.1) is 24.1 Å². The minimum absolute atomic E-state index is 0.125. The summed E-state index contributed by atoms with van der Waals surface area (Å²) >= 11 is 0. The molecule has 2 rings (SSSR count). The molecule has 0 aliphatic rings. The number of carboxylic acids is 1. The van der Waals surface area contributed by atoms with Gasteiger partial charge in [-0.25, -0.2) is 9.78 Å². The summed E-state index contributed by atoms with van der Waals surface area (Å²) in [6.07, 6.45) is -3.79. The molecule has 0 atom stereocenters. The van der Waals surface area contributed by atoms with E-state index >= 15 is 0 Å². The molecular formula is C15H14F3N3O3. The quantitative estimate of drug-likeness (QED) is 0.895. The van der Waals surface area contributed by atoms with E-state index < -0.39 is 24.6 Å². The van der Waals surface area contributed by atoms with Crippen molar-refractivity contribution in [3.05, 3.63) is 47.0 Å². The van der Waals surface area contributed by atoms with Crippen molar-refractivity contribution in [2.24, 2.45) is 0 Å². The van der Waals surface area contributed by atoms with Crippen LogP contribution in [0.5, 0.6) is 0 Å². The number of aromatic amines is 1. The predicted molar refractivity (Wildman–Crippen MR) is 78.7 cm³/mol. The van der Waals surface area contributed by atoms with E-state index in [-0.39, 0.29) is 16.9 Å². The van der Waals surface area contributed by atoms with E-state index in [4.69, 9.17) is 5.11 Å². The number of alkyl halides is 3. The molecule has 1 heterocycles. The Morgan fingerprint density at radius 3 is 2.46 bits per heavy atom. The minimum atomic E-state index is -5.10. The van der Waals surface area contributed by atoms with Gasteiger partial charge in [-0.05, 0) is 31.5 Å². The van der Waals surface area contributed by atoms with Crippen molar-refractivity contribution in [3.8, 4) is 0 Å². The third kappa shape index (κ3) is 3.55. The van der Waals surface area contributed by atoms with Crippen LogP contribution in [-0.2, 0) is 11.3 Å². The van der Waals surface area contributed by atoms with Crippen LogP contribution < -0.4 is 4.90 Å². The van der Waals surface area contributed by atoms with Crippen LogP contribution in [0.15, 0.2) is 24.5 Å². The summed E-state index contributed by atoms with van der Waals surface area (Å²) in [5, 5.41) is 9.04. The molecule has 0 aliphatic heterocycles. The van der Waals surface area contributed by atoms with Crippen molar-refractivity contribution in [1.29, 1.82) is 0 Å². The number of carbonyl (C=O) groups excluding carboxylic acids is 1. The Hall–Kier alpha value is -2.84. The number of anilines is 1. The first-order chi connectivity index (χ1) is 11.1. The zero-order chi connectivity index (χ0) is 18.1. The number of carbonyl (C=O) groups is 2. The highest BCUT2D eigenvalue weighted by atomic mass is 19.4. The Balaban J connectivity index is 2.54. The summed E-state index contributed by atoms with van der Waals surface area (Å²) in [6, 6.07) is 3.66. The monoisotopic (exact) mass is 341 g/mol. The van der Waals surface area contributed by atoms with E-state index in [1.807, 2.05) is 0 Å². The van der Waals surface area contributed by atoms with Crippen LogP contribution in [0.1, 0.15) is 27.3 Å². The number of aromatic carboxylic acids is 1. The van der Waals surface area contributed by atoms with Crippen LogP contribution in [0.2, 0.25) is 0 Å².